The van der Waals surface area contributed by atoms with E-state index >= 15 is 0 Å². The van der Waals surface area contributed by atoms with Gasteiger partial charge in [0.25, 0.3) is 0 Å². The Morgan fingerprint density at radius 3 is 1.29 bits per heavy atom. The minimum atomic E-state index is -0.0554. The molecule has 0 bridgehead atoms. The number of unbranched alkanes of at least 4 members (excludes halogenated alkanes) is 14. The van der Waals surface area contributed by atoms with Gasteiger partial charge < -0.3 is 9.47 Å². The molecule has 206 valence electrons. The van der Waals surface area contributed by atoms with Crippen molar-refractivity contribution in [1.29, 1.82) is 0 Å². The van der Waals surface area contributed by atoms with Crippen LogP contribution < -0.4 is 0 Å². The molecule has 4 heteroatoms. The fraction of sp³-hybridized carbons (Fsp3) is 0.935. The van der Waals surface area contributed by atoms with Crippen LogP contribution in [-0.4, -0.2) is 25.2 Å². The largest absolute Gasteiger partial charge is 0.465 e. The zero-order valence-electron chi connectivity index (χ0n) is 23.6. The summed E-state index contributed by atoms with van der Waals surface area (Å²) in [6.45, 7) is 7.93. The summed E-state index contributed by atoms with van der Waals surface area (Å²) in [5.74, 6) is 0.652. The van der Waals surface area contributed by atoms with Gasteiger partial charge in [-0.15, -0.1) is 0 Å². The standard InChI is InChI=1S/C31H58O4/c1-4-5-6-7-8-9-12-15-18-25-34-30(32)28-21-23-29(24-22-28)31(33)35-26-19-16-13-10-11-14-17-20-27(2)3/h27-29H,4-26H2,1-3H3. The number of carbonyl (C=O) groups is 2. The molecule has 1 aliphatic rings. The van der Waals surface area contributed by atoms with E-state index in [1.807, 2.05) is 0 Å². The van der Waals surface area contributed by atoms with Crippen molar-refractivity contribution < 1.29 is 19.1 Å². The van der Waals surface area contributed by atoms with Gasteiger partial charge in [0.05, 0.1) is 25.0 Å². The lowest BCUT2D eigenvalue weighted by molar-refractivity contribution is -0.155. The van der Waals surface area contributed by atoms with Gasteiger partial charge in [-0.1, -0.05) is 117 Å². The normalized spacial score (nSPS) is 18.1. The Morgan fingerprint density at radius 2 is 0.914 bits per heavy atom. The second kappa shape index (κ2) is 22.2. The molecule has 1 aliphatic carbocycles. The quantitative estimate of drug-likeness (QED) is 0.111. The number of ether oxygens (including phenoxy) is 2. The Balaban J connectivity index is 1.95. The average Bonchev–Trinajstić information content (AvgIpc) is 2.86. The molecule has 0 aliphatic heterocycles. The van der Waals surface area contributed by atoms with E-state index in [4.69, 9.17) is 9.47 Å². The third kappa shape index (κ3) is 17.9. The molecule has 0 atom stereocenters. The molecule has 4 nitrogen and oxygen atoms in total. The first-order valence-corrected chi connectivity index (χ1v) is 15.4. The zero-order chi connectivity index (χ0) is 25.6. The minimum absolute atomic E-state index is 0.0295. The van der Waals surface area contributed by atoms with E-state index in [1.165, 1.54) is 83.5 Å². The maximum Gasteiger partial charge on any atom is 0.308 e. The van der Waals surface area contributed by atoms with Crippen LogP contribution in [0.2, 0.25) is 0 Å². The van der Waals surface area contributed by atoms with Crippen molar-refractivity contribution in [2.75, 3.05) is 13.2 Å². The molecule has 0 aromatic carbocycles. The fourth-order valence-corrected chi connectivity index (χ4v) is 5.10. The summed E-state index contributed by atoms with van der Waals surface area (Å²) in [5.41, 5.74) is 0. The number of rotatable bonds is 22. The minimum Gasteiger partial charge on any atom is -0.465 e. The van der Waals surface area contributed by atoms with Gasteiger partial charge >= 0.3 is 11.9 Å². The molecule has 0 amide bonds. The summed E-state index contributed by atoms with van der Waals surface area (Å²) in [6.07, 6.45) is 24.5. The highest BCUT2D eigenvalue weighted by atomic mass is 16.5. The molecule has 0 aromatic rings. The SMILES string of the molecule is CCCCCCCCCCCOC(=O)C1CCC(C(=O)OCCCCCCCCCC(C)C)CC1. The molecule has 0 N–H and O–H groups in total. The van der Waals surface area contributed by atoms with Crippen LogP contribution in [0.1, 0.15) is 156 Å². The highest BCUT2D eigenvalue weighted by Crippen LogP contribution is 2.30. The smallest absolute Gasteiger partial charge is 0.308 e. The maximum absolute atomic E-state index is 12.4. The molecule has 1 rings (SSSR count). The number of carbonyl (C=O) groups excluding carboxylic acids is 2. The Hall–Kier alpha value is -1.06. The van der Waals surface area contributed by atoms with Crippen molar-refractivity contribution in [3.63, 3.8) is 0 Å². The van der Waals surface area contributed by atoms with Gasteiger partial charge in [-0.3, -0.25) is 9.59 Å². The van der Waals surface area contributed by atoms with E-state index in [9.17, 15) is 9.59 Å². The summed E-state index contributed by atoms with van der Waals surface area (Å²) >= 11 is 0. The van der Waals surface area contributed by atoms with Gasteiger partial charge in [-0.2, -0.15) is 0 Å². The van der Waals surface area contributed by atoms with Crippen LogP contribution in [0.3, 0.4) is 0 Å². The maximum atomic E-state index is 12.4. The van der Waals surface area contributed by atoms with Crippen molar-refractivity contribution in [2.24, 2.45) is 17.8 Å². The van der Waals surface area contributed by atoms with E-state index in [2.05, 4.69) is 20.8 Å². The predicted molar refractivity (Wildman–Crippen MR) is 146 cm³/mol. The van der Waals surface area contributed by atoms with Crippen LogP contribution in [-0.2, 0) is 19.1 Å². The third-order valence-electron chi connectivity index (χ3n) is 7.56. The molecule has 1 fully saturated rings. The Morgan fingerprint density at radius 1 is 0.571 bits per heavy atom. The first-order chi connectivity index (χ1) is 17.0. The van der Waals surface area contributed by atoms with E-state index in [0.29, 0.717) is 13.2 Å². The molecule has 35 heavy (non-hydrogen) atoms. The van der Waals surface area contributed by atoms with Gasteiger partial charge in [0, 0.05) is 0 Å². The third-order valence-corrected chi connectivity index (χ3v) is 7.56. The lowest BCUT2D eigenvalue weighted by Crippen LogP contribution is -2.28. The summed E-state index contributed by atoms with van der Waals surface area (Å²) in [5, 5.41) is 0. The van der Waals surface area contributed by atoms with Crippen molar-refractivity contribution in [1.82, 2.24) is 0 Å². The molecule has 0 unspecified atom stereocenters. The number of hydrogen-bond donors (Lipinski definition) is 0. The van der Waals surface area contributed by atoms with Crippen molar-refractivity contribution >= 4 is 11.9 Å². The van der Waals surface area contributed by atoms with Crippen LogP contribution in [0, 0.1) is 17.8 Å². The van der Waals surface area contributed by atoms with Gasteiger partial charge in [-0.05, 0) is 44.4 Å². The van der Waals surface area contributed by atoms with E-state index < -0.39 is 0 Å². The number of esters is 2. The summed E-state index contributed by atoms with van der Waals surface area (Å²) in [6, 6.07) is 0. The second-order valence-corrected chi connectivity index (χ2v) is 11.4. The molecule has 0 spiro atoms. The van der Waals surface area contributed by atoms with E-state index in [-0.39, 0.29) is 23.8 Å². The molecule has 0 aromatic heterocycles. The molecular formula is C31H58O4. The Bertz CT molecular complexity index is 508. The van der Waals surface area contributed by atoms with Crippen LogP contribution in [0.5, 0.6) is 0 Å². The van der Waals surface area contributed by atoms with E-state index in [1.54, 1.807) is 0 Å². The molecule has 0 heterocycles. The number of hydrogen-bond acceptors (Lipinski definition) is 4. The van der Waals surface area contributed by atoms with Crippen molar-refractivity contribution in [2.45, 2.75) is 156 Å². The lowest BCUT2D eigenvalue weighted by Gasteiger charge is -2.26. The molecule has 0 radical (unpaired) electrons. The van der Waals surface area contributed by atoms with Crippen molar-refractivity contribution in [3.8, 4) is 0 Å². The Kier molecular flexibility index (Phi) is 20.2. The summed E-state index contributed by atoms with van der Waals surface area (Å²) < 4.78 is 11.1. The lowest BCUT2D eigenvalue weighted by atomic mass is 9.82. The Labute approximate surface area is 217 Å². The second-order valence-electron chi connectivity index (χ2n) is 11.4. The summed E-state index contributed by atoms with van der Waals surface area (Å²) in [7, 11) is 0. The van der Waals surface area contributed by atoms with Gasteiger partial charge in [0.2, 0.25) is 0 Å². The predicted octanol–water partition coefficient (Wildman–Crippen LogP) is 9.19. The molecule has 0 saturated heterocycles. The zero-order valence-corrected chi connectivity index (χ0v) is 23.6. The van der Waals surface area contributed by atoms with Gasteiger partial charge in [0.15, 0.2) is 0 Å². The molecule has 1 saturated carbocycles. The van der Waals surface area contributed by atoms with E-state index in [0.717, 1.165) is 57.3 Å². The van der Waals surface area contributed by atoms with Gasteiger partial charge in [0.1, 0.15) is 0 Å². The highest BCUT2D eigenvalue weighted by molar-refractivity contribution is 5.75. The monoisotopic (exact) mass is 494 g/mol. The fourth-order valence-electron chi connectivity index (χ4n) is 5.10. The first kappa shape index (κ1) is 32.0. The highest BCUT2D eigenvalue weighted by Gasteiger charge is 2.31. The van der Waals surface area contributed by atoms with Gasteiger partial charge in [-0.25, -0.2) is 0 Å². The van der Waals surface area contributed by atoms with Crippen LogP contribution in [0.25, 0.3) is 0 Å². The first-order valence-electron chi connectivity index (χ1n) is 15.4. The van der Waals surface area contributed by atoms with Crippen LogP contribution >= 0.6 is 0 Å². The molecular weight excluding hydrogens is 436 g/mol. The average molecular weight is 495 g/mol. The van der Waals surface area contributed by atoms with Crippen LogP contribution in [0.4, 0.5) is 0 Å². The van der Waals surface area contributed by atoms with Crippen LogP contribution in [0.15, 0.2) is 0 Å². The summed E-state index contributed by atoms with van der Waals surface area (Å²) in [4.78, 5) is 24.7. The van der Waals surface area contributed by atoms with Crippen molar-refractivity contribution in [3.05, 3.63) is 0 Å². The topological polar surface area (TPSA) is 52.6 Å².